The summed E-state index contributed by atoms with van der Waals surface area (Å²) >= 11 is 0. The molecule has 0 atom stereocenters. The third-order valence-corrected chi connectivity index (χ3v) is 10.4. The van der Waals surface area contributed by atoms with Crippen molar-refractivity contribution in [2.24, 2.45) is 0 Å². The van der Waals surface area contributed by atoms with E-state index >= 15 is 0 Å². The lowest BCUT2D eigenvalue weighted by Gasteiger charge is -2.13. The second-order valence-corrected chi connectivity index (χ2v) is 13.8. The first-order chi connectivity index (χ1) is 27.7. The zero-order valence-corrected chi connectivity index (χ0v) is 29.9. The molecule has 0 saturated heterocycles. The molecule has 0 spiro atoms. The van der Waals surface area contributed by atoms with E-state index in [0.717, 1.165) is 88.3 Å². The van der Waals surface area contributed by atoms with E-state index in [0.29, 0.717) is 23.4 Å². The van der Waals surface area contributed by atoms with Gasteiger partial charge in [0.05, 0.1) is 5.39 Å². The fraction of sp³-hybridized carbons (Fsp3) is 0. The van der Waals surface area contributed by atoms with Crippen LogP contribution in [0.5, 0.6) is 0 Å². The number of aromatic nitrogens is 4. The number of rotatable bonds is 6. The highest BCUT2D eigenvalue weighted by Crippen LogP contribution is 2.43. The van der Waals surface area contributed by atoms with Crippen molar-refractivity contribution < 1.29 is 8.83 Å². The van der Waals surface area contributed by atoms with E-state index in [1.54, 1.807) is 0 Å². The van der Waals surface area contributed by atoms with Crippen LogP contribution in [0.4, 0.5) is 0 Å². The average Bonchev–Trinajstić information content (AvgIpc) is 3.89. The fourth-order valence-electron chi connectivity index (χ4n) is 7.71. The van der Waals surface area contributed by atoms with Gasteiger partial charge < -0.3 is 8.83 Å². The summed E-state index contributed by atoms with van der Waals surface area (Å²) < 4.78 is 12.9. The van der Waals surface area contributed by atoms with Crippen LogP contribution in [-0.4, -0.2) is 19.9 Å². The highest BCUT2D eigenvalue weighted by molar-refractivity contribution is 6.20. The first-order valence-corrected chi connectivity index (χ1v) is 18.6. The Bertz CT molecular complexity index is 3170. The molecule has 56 heavy (non-hydrogen) atoms. The van der Waals surface area contributed by atoms with Gasteiger partial charge in [0.2, 0.25) is 5.89 Å². The fourth-order valence-corrected chi connectivity index (χ4v) is 7.71. The molecular weight excluding hydrogens is 689 g/mol. The predicted molar refractivity (Wildman–Crippen MR) is 225 cm³/mol. The monoisotopic (exact) mass is 718 g/mol. The highest BCUT2D eigenvalue weighted by atomic mass is 16.4. The van der Waals surface area contributed by atoms with Crippen LogP contribution >= 0.6 is 0 Å². The first-order valence-electron chi connectivity index (χ1n) is 18.6. The minimum absolute atomic E-state index is 0.593. The molecule has 0 N–H and O–H groups in total. The lowest BCUT2D eigenvalue weighted by molar-refractivity contribution is 0.619. The first kappa shape index (κ1) is 31.8. The van der Waals surface area contributed by atoms with Gasteiger partial charge in [-0.15, -0.1) is 0 Å². The molecule has 6 heteroatoms. The van der Waals surface area contributed by atoms with E-state index in [-0.39, 0.29) is 0 Å². The number of benzene rings is 8. The second-order valence-electron chi connectivity index (χ2n) is 13.8. The third-order valence-electron chi connectivity index (χ3n) is 10.4. The van der Waals surface area contributed by atoms with Gasteiger partial charge in [0.25, 0.3) is 0 Å². The lowest BCUT2D eigenvalue weighted by Crippen LogP contribution is -2.00. The number of nitrogens with zero attached hydrogens (tertiary/aromatic N) is 4. The Kier molecular flexibility index (Phi) is 7.38. The van der Waals surface area contributed by atoms with E-state index in [1.165, 1.54) is 0 Å². The van der Waals surface area contributed by atoms with Crippen LogP contribution in [0.15, 0.2) is 191 Å². The molecule has 6 nitrogen and oxygen atoms in total. The largest absolute Gasteiger partial charge is 0.455 e. The molecule has 11 rings (SSSR count). The van der Waals surface area contributed by atoms with E-state index < -0.39 is 0 Å². The minimum Gasteiger partial charge on any atom is -0.455 e. The van der Waals surface area contributed by atoms with Gasteiger partial charge in [-0.3, -0.25) is 0 Å². The normalized spacial score (nSPS) is 11.6. The average molecular weight is 719 g/mol. The van der Waals surface area contributed by atoms with Crippen LogP contribution in [0.1, 0.15) is 0 Å². The Morgan fingerprint density at radius 1 is 0.304 bits per heavy atom. The molecule has 0 aliphatic heterocycles. The summed E-state index contributed by atoms with van der Waals surface area (Å²) in [7, 11) is 0. The van der Waals surface area contributed by atoms with Crippen LogP contribution in [-0.2, 0) is 0 Å². The number of oxazole rings is 1. The molecule has 0 unspecified atom stereocenters. The van der Waals surface area contributed by atoms with Crippen molar-refractivity contribution in [2.45, 2.75) is 0 Å². The number of furan rings is 1. The summed E-state index contributed by atoms with van der Waals surface area (Å²) in [6.07, 6.45) is 0. The van der Waals surface area contributed by atoms with Crippen molar-refractivity contribution in [1.82, 2.24) is 19.9 Å². The quantitative estimate of drug-likeness (QED) is 0.170. The standard InChI is InChI=1S/C50H30N4O2/c1-4-13-32(14-5-1)47-52-48(33-15-6-2-7-16-33)54-49(53-47)34-25-23-31(24-26-34)36-27-28-39(38-20-11-10-19-37(36)38)40-21-12-22-41-44-42(55-46(40)41)29-30-43-45(44)51-50(56-43)35-17-8-3-9-18-35/h1-30H. The topological polar surface area (TPSA) is 77.8 Å². The third kappa shape index (κ3) is 5.35. The Labute approximate surface area is 321 Å². The van der Waals surface area contributed by atoms with Crippen molar-refractivity contribution in [1.29, 1.82) is 0 Å². The van der Waals surface area contributed by atoms with Gasteiger partial charge in [0.1, 0.15) is 16.7 Å². The molecule has 11 aromatic rings. The Morgan fingerprint density at radius 2 is 0.804 bits per heavy atom. The molecule has 3 aromatic heterocycles. The SMILES string of the molecule is c1ccc(-c2nc(-c3ccccc3)nc(-c3ccc(-c4ccc(-c5cccc6c5oc5ccc7oc(-c8ccccc8)nc7c56)c5ccccc45)cc3)n2)cc1. The molecule has 262 valence electrons. The number of fused-ring (bicyclic) bond motifs is 6. The zero-order chi connectivity index (χ0) is 37.0. The molecule has 3 heterocycles. The number of hydrogen-bond donors (Lipinski definition) is 0. The van der Waals surface area contributed by atoms with Crippen LogP contribution < -0.4 is 0 Å². The molecule has 0 bridgehead atoms. The van der Waals surface area contributed by atoms with Crippen LogP contribution in [0.2, 0.25) is 0 Å². The van der Waals surface area contributed by atoms with E-state index in [4.69, 9.17) is 28.8 Å². The Hall–Kier alpha value is -7.70. The predicted octanol–water partition coefficient (Wildman–Crippen LogP) is 13.1. The molecule has 0 aliphatic rings. The molecule has 0 amide bonds. The molecule has 8 aromatic carbocycles. The van der Waals surface area contributed by atoms with Gasteiger partial charge in [0, 0.05) is 33.2 Å². The maximum absolute atomic E-state index is 6.66. The number of para-hydroxylation sites is 1. The highest BCUT2D eigenvalue weighted by Gasteiger charge is 2.20. The maximum Gasteiger partial charge on any atom is 0.227 e. The summed E-state index contributed by atoms with van der Waals surface area (Å²) in [6.45, 7) is 0. The Morgan fingerprint density at radius 3 is 1.45 bits per heavy atom. The molecule has 0 saturated carbocycles. The summed E-state index contributed by atoms with van der Waals surface area (Å²) in [6, 6.07) is 61.8. The summed E-state index contributed by atoms with van der Waals surface area (Å²) in [5, 5.41) is 4.24. The smallest absolute Gasteiger partial charge is 0.227 e. The van der Waals surface area contributed by atoms with Gasteiger partial charge in [-0.1, -0.05) is 158 Å². The van der Waals surface area contributed by atoms with Crippen molar-refractivity contribution in [3.05, 3.63) is 182 Å². The molecule has 0 fully saturated rings. The van der Waals surface area contributed by atoms with Gasteiger partial charge in [-0.25, -0.2) is 19.9 Å². The molecule has 0 radical (unpaired) electrons. The van der Waals surface area contributed by atoms with E-state index in [9.17, 15) is 0 Å². The number of hydrogen-bond acceptors (Lipinski definition) is 6. The lowest BCUT2D eigenvalue weighted by atomic mass is 9.91. The van der Waals surface area contributed by atoms with Crippen molar-refractivity contribution in [3.63, 3.8) is 0 Å². The van der Waals surface area contributed by atoms with Crippen molar-refractivity contribution in [2.75, 3.05) is 0 Å². The van der Waals surface area contributed by atoms with Crippen LogP contribution in [0.25, 0.3) is 112 Å². The van der Waals surface area contributed by atoms with E-state index in [1.807, 2.05) is 103 Å². The van der Waals surface area contributed by atoms with Gasteiger partial charge >= 0.3 is 0 Å². The molecule has 0 aliphatic carbocycles. The molecular formula is C50H30N4O2. The van der Waals surface area contributed by atoms with Gasteiger partial charge in [-0.05, 0) is 51.7 Å². The second kappa shape index (κ2) is 13.0. The van der Waals surface area contributed by atoms with Crippen LogP contribution in [0.3, 0.4) is 0 Å². The minimum atomic E-state index is 0.593. The summed E-state index contributed by atoms with van der Waals surface area (Å²) in [5.41, 5.74) is 11.2. The summed E-state index contributed by atoms with van der Waals surface area (Å²) in [4.78, 5) is 19.7. The maximum atomic E-state index is 6.66. The zero-order valence-electron chi connectivity index (χ0n) is 29.9. The summed E-state index contributed by atoms with van der Waals surface area (Å²) in [5.74, 6) is 2.50. The van der Waals surface area contributed by atoms with Crippen LogP contribution in [0, 0.1) is 0 Å². The Balaban J connectivity index is 0.998. The van der Waals surface area contributed by atoms with Gasteiger partial charge in [-0.2, -0.15) is 0 Å². The van der Waals surface area contributed by atoms with Crippen molar-refractivity contribution in [3.8, 4) is 67.9 Å². The van der Waals surface area contributed by atoms with Gasteiger partial charge in [0.15, 0.2) is 23.1 Å². The van der Waals surface area contributed by atoms with Crippen molar-refractivity contribution >= 4 is 43.8 Å². The van der Waals surface area contributed by atoms with E-state index in [2.05, 4.69) is 78.9 Å².